The van der Waals surface area contributed by atoms with Crippen LogP contribution in [-0.4, -0.2) is 23.8 Å². The van der Waals surface area contributed by atoms with Crippen LogP contribution in [0.4, 0.5) is 30.7 Å². The minimum atomic E-state index is -5.22. The molecule has 0 aromatic heterocycles. The van der Waals surface area contributed by atoms with Crippen molar-refractivity contribution >= 4 is 0 Å². The Bertz CT molecular complexity index is 197. The number of hydrogen-bond acceptors (Lipinski definition) is 1. The van der Waals surface area contributed by atoms with Crippen LogP contribution in [0, 0.1) is 0 Å². The normalized spacial score (nSPS) is 39.4. The van der Waals surface area contributed by atoms with Gasteiger partial charge in [0, 0.05) is 6.92 Å². The molecule has 0 amide bonds. The zero-order chi connectivity index (χ0) is 11.4. The molecule has 1 heterocycles. The molecule has 0 saturated carbocycles. The molecule has 0 aromatic carbocycles. The van der Waals surface area contributed by atoms with Gasteiger partial charge in [-0.3, -0.25) is 4.74 Å². The lowest BCUT2D eigenvalue weighted by molar-refractivity contribution is -0.472. The summed E-state index contributed by atoms with van der Waals surface area (Å²) in [5.74, 6) is -13.8. The van der Waals surface area contributed by atoms with E-state index >= 15 is 0 Å². The predicted octanol–water partition coefficient (Wildman–Crippen LogP) is 2.96. The molecule has 1 saturated heterocycles. The van der Waals surface area contributed by atoms with Gasteiger partial charge in [-0.1, -0.05) is 0 Å². The fraction of sp³-hybridized carbons (Fsp3) is 1.00. The van der Waals surface area contributed by atoms with Gasteiger partial charge >= 0.3 is 18.0 Å². The standard InChI is InChI=1S/C6H5F7O/c1-3(7)4(8,9)2-5(10,11)6(12,13)14-3/h2H2,1H3. The fourth-order valence-corrected chi connectivity index (χ4v) is 0.930. The molecule has 1 rings (SSSR count). The second-order valence-electron chi connectivity index (χ2n) is 3.12. The van der Waals surface area contributed by atoms with Crippen LogP contribution in [0.3, 0.4) is 0 Å². The van der Waals surface area contributed by atoms with Crippen molar-refractivity contribution < 1.29 is 35.5 Å². The van der Waals surface area contributed by atoms with E-state index in [1.807, 2.05) is 0 Å². The second kappa shape index (κ2) is 2.53. The van der Waals surface area contributed by atoms with Crippen molar-refractivity contribution in [3.05, 3.63) is 0 Å². The van der Waals surface area contributed by atoms with E-state index in [-0.39, 0.29) is 6.92 Å². The quantitative estimate of drug-likeness (QED) is 0.577. The van der Waals surface area contributed by atoms with E-state index in [4.69, 9.17) is 0 Å². The molecule has 8 heteroatoms. The molecular formula is C6H5F7O. The summed E-state index contributed by atoms with van der Waals surface area (Å²) in [4.78, 5) is 0. The van der Waals surface area contributed by atoms with E-state index in [1.54, 1.807) is 0 Å². The lowest BCUT2D eigenvalue weighted by Crippen LogP contribution is -2.62. The van der Waals surface area contributed by atoms with Gasteiger partial charge in [-0.2, -0.15) is 17.6 Å². The Balaban J connectivity index is 3.07. The maximum Gasteiger partial charge on any atom is 0.422 e. The summed E-state index contributed by atoms with van der Waals surface area (Å²) >= 11 is 0. The lowest BCUT2D eigenvalue weighted by atomic mass is 9.99. The Hall–Kier alpha value is -0.530. The minimum Gasteiger partial charge on any atom is -0.272 e. The first-order valence-corrected chi connectivity index (χ1v) is 3.44. The zero-order valence-electron chi connectivity index (χ0n) is 6.76. The summed E-state index contributed by atoms with van der Waals surface area (Å²) < 4.78 is 89.7. The Morgan fingerprint density at radius 3 is 1.64 bits per heavy atom. The zero-order valence-corrected chi connectivity index (χ0v) is 6.76. The first-order valence-electron chi connectivity index (χ1n) is 3.44. The molecule has 1 aliphatic heterocycles. The van der Waals surface area contributed by atoms with Gasteiger partial charge < -0.3 is 0 Å². The monoisotopic (exact) mass is 226 g/mol. The van der Waals surface area contributed by atoms with Crippen LogP contribution < -0.4 is 0 Å². The van der Waals surface area contributed by atoms with E-state index in [0.29, 0.717) is 0 Å². The number of hydrogen-bond donors (Lipinski definition) is 0. The average Bonchev–Trinajstić information content (AvgIpc) is 1.78. The van der Waals surface area contributed by atoms with Gasteiger partial charge in [0.15, 0.2) is 0 Å². The topological polar surface area (TPSA) is 9.23 Å². The van der Waals surface area contributed by atoms with Gasteiger partial charge in [0.2, 0.25) is 0 Å². The summed E-state index contributed by atoms with van der Waals surface area (Å²) in [6.07, 6.45) is -7.81. The summed E-state index contributed by atoms with van der Waals surface area (Å²) in [7, 11) is 0. The number of alkyl halides is 7. The van der Waals surface area contributed by atoms with Crippen LogP contribution in [0.15, 0.2) is 0 Å². The fourth-order valence-electron chi connectivity index (χ4n) is 0.930. The highest BCUT2D eigenvalue weighted by Gasteiger charge is 2.75. The molecule has 0 aromatic rings. The van der Waals surface area contributed by atoms with Gasteiger partial charge in [-0.15, -0.1) is 0 Å². The average molecular weight is 226 g/mol. The van der Waals surface area contributed by atoms with Crippen LogP contribution in [0.25, 0.3) is 0 Å². The largest absolute Gasteiger partial charge is 0.422 e. The van der Waals surface area contributed by atoms with E-state index in [1.165, 1.54) is 0 Å². The van der Waals surface area contributed by atoms with Crippen molar-refractivity contribution in [2.45, 2.75) is 37.2 Å². The molecule has 0 radical (unpaired) electrons. The third kappa shape index (κ3) is 1.45. The Morgan fingerprint density at radius 2 is 1.29 bits per heavy atom. The van der Waals surface area contributed by atoms with Gasteiger partial charge in [0.1, 0.15) is 0 Å². The third-order valence-corrected chi connectivity index (χ3v) is 1.84. The van der Waals surface area contributed by atoms with Gasteiger partial charge in [0.25, 0.3) is 5.85 Å². The molecule has 0 N–H and O–H groups in total. The number of rotatable bonds is 0. The maximum atomic E-state index is 12.7. The van der Waals surface area contributed by atoms with Crippen molar-refractivity contribution in [3.8, 4) is 0 Å². The maximum absolute atomic E-state index is 12.7. The van der Waals surface area contributed by atoms with E-state index < -0.39 is 30.2 Å². The Kier molecular flexibility index (Phi) is 2.09. The number of ether oxygens (including phenoxy) is 1. The van der Waals surface area contributed by atoms with Crippen molar-refractivity contribution in [1.82, 2.24) is 0 Å². The molecule has 0 spiro atoms. The summed E-state index contributed by atoms with van der Waals surface area (Å²) in [5, 5.41) is 0. The summed E-state index contributed by atoms with van der Waals surface area (Å²) in [5.41, 5.74) is 0. The van der Waals surface area contributed by atoms with Crippen molar-refractivity contribution in [2.24, 2.45) is 0 Å². The first kappa shape index (κ1) is 11.5. The molecular weight excluding hydrogens is 221 g/mol. The summed E-state index contributed by atoms with van der Waals surface area (Å²) in [6.45, 7) is -0.0177. The molecule has 1 nitrogen and oxygen atoms in total. The minimum absolute atomic E-state index is 0.0177. The van der Waals surface area contributed by atoms with Crippen molar-refractivity contribution in [3.63, 3.8) is 0 Å². The van der Waals surface area contributed by atoms with E-state index in [9.17, 15) is 30.7 Å². The molecule has 1 atom stereocenters. The molecule has 1 fully saturated rings. The Morgan fingerprint density at radius 1 is 0.857 bits per heavy atom. The van der Waals surface area contributed by atoms with Gasteiger partial charge in [-0.25, -0.2) is 13.2 Å². The SMILES string of the molecule is CC1(F)OC(F)(F)C(F)(F)CC1(F)F. The molecule has 0 bridgehead atoms. The molecule has 84 valence electrons. The van der Waals surface area contributed by atoms with E-state index in [0.717, 1.165) is 0 Å². The van der Waals surface area contributed by atoms with Gasteiger partial charge in [-0.05, 0) is 0 Å². The van der Waals surface area contributed by atoms with Crippen LogP contribution >= 0.6 is 0 Å². The van der Waals surface area contributed by atoms with Crippen LogP contribution in [-0.2, 0) is 4.74 Å². The lowest BCUT2D eigenvalue weighted by Gasteiger charge is -2.42. The highest BCUT2D eigenvalue weighted by atomic mass is 19.3. The molecule has 14 heavy (non-hydrogen) atoms. The summed E-state index contributed by atoms with van der Waals surface area (Å²) in [6, 6.07) is 0. The molecule has 1 aliphatic rings. The molecule has 0 aliphatic carbocycles. The highest BCUT2D eigenvalue weighted by molar-refractivity contribution is 4.97. The van der Waals surface area contributed by atoms with Crippen molar-refractivity contribution in [2.75, 3.05) is 0 Å². The predicted molar refractivity (Wildman–Crippen MR) is 30.1 cm³/mol. The number of halogens is 7. The van der Waals surface area contributed by atoms with Crippen LogP contribution in [0.2, 0.25) is 0 Å². The van der Waals surface area contributed by atoms with E-state index in [2.05, 4.69) is 4.74 Å². The first-order chi connectivity index (χ1) is 5.91. The molecule has 1 unspecified atom stereocenters. The van der Waals surface area contributed by atoms with Crippen LogP contribution in [0.5, 0.6) is 0 Å². The van der Waals surface area contributed by atoms with Crippen LogP contribution in [0.1, 0.15) is 13.3 Å². The smallest absolute Gasteiger partial charge is 0.272 e. The van der Waals surface area contributed by atoms with Crippen molar-refractivity contribution in [1.29, 1.82) is 0 Å². The highest BCUT2D eigenvalue weighted by Crippen LogP contribution is 2.54. The third-order valence-electron chi connectivity index (χ3n) is 1.84. The van der Waals surface area contributed by atoms with Gasteiger partial charge in [0.05, 0.1) is 6.42 Å². The Labute approximate surface area is 73.8 Å². The second-order valence-corrected chi connectivity index (χ2v) is 3.12.